The highest BCUT2D eigenvalue weighted by Crippen LogP contribution is 2.27. The summed E-state index contributed by atoms with van der Waals surface area (Å²) in [6.45, 7) is 1.81. The molecule has 0 aromatic carbocycles. The van der Waals surface area contributed by atoms with E-state index in [9.17, 15) is 9.00 Å². The highest BCUT2D eigenvalue weighted by atomic mass is 32.2. The van der Waals surface area contributed by atoms with Gasteiger partial charge in [-0.15, -0.1) is 0 Å². The summed E-state index contributed by atoms with van der Waals surface area (Å²) in [5.41, 5.74) is 0.843. The molecule has 2 rings (SSSR count). The molecule has 1 heterocycles. The Morgan fingerprint density at radius 1 is 1.48 bits per heavy atom. The number of nitrogens with zero attached hydrogens (tertiary/aromatic N) is 2. The van der Waals surface area contributed by atoms with Crippen LogP contribution in [-0.4, -0.2) is 32.3 Å². The maximum absolute atomic E-state index is 12.2. The van der Waals surface area contributed by atoms with Crippen molar-refractivity contribution in [2.24, 2.45) is 0 Å². The zero-order valence-electron chi connectivity index (χ0n) is 12.8. The summed E-state index contributed by atoms with van der Waals surface area (Å²) < 4.78 is 18.8. The Morgan fingerprint density at radius 2 is 2.19 bits per heavy atom. The summed E-state index contributed by atoms with van der Waals surface area (Å²) in [6, 6.07) is 2.44. The third-order valence-electron chi connectivity index (χ3n) is 4.03. The molecule has 0 spiro atoms. The van der Waals surface area contributed by atoms with Crippen LogP contribution in [0.4, 0.5) is 0 Å². The van der Waals surface area contributed by atoms with E-state index >= 15 is 0 Å². The number of methoxy groups -OCH3 is 1. The van der Waals surface area contributed by atoms with Gasteiger partial charge < -0.3 is 4.74 Å². The maximum Gasteiger partial charge on any atom is 0.306 e. The lowest BCUT2D eigenvalue weighted by Crippen LogP contribution is -2.19. The summed E-state index contributed by atoms with van der Waals surface area (Å²) in [4.78, 5) is 11.2. The van der Waals surface area contributed by atoms with E-state index in [4.69, 9.17) is 0 Å². The van der Waals surface area contributed by atoms with E-state index in [0.717, 1.165) is 5.69 Å². The standard InChI is InChI=1S/C15H24N2O3S/c1-12(10-15(18)20-2)21(19)11-13-8-9-17(16-13)14-6-4-3-5-7-14/h8-9,12,14H,3-7,10-11H2,1-2H3. The van der Waals surface area contributed by atoms with Gasteiger partial charge in [-0.2, -0.15) is 5.10 Å². The second-order valence-electron chi connectivity index (χ2n) is 5.69. The van der Waals surface area contributed by atoms with Crippen molar-refractivity contribution in [1.82, 2.24) is 9.78 Å². The van der Waals surface area contributed by atoms with Gasteiger partial charge in [-0.1, -0.05) is 26.2 Å². The van der Waals surface area contributed by atoms with Crippen molar-refractivity contribution in [3.8, 4) is 0 Å². The molecule has 0 amide bonds. The van der Waals surface area contributed by atoms with Gasteiger partial charge in [0.25, 0.3) is 0 Å². The van der Waals surface area contributed by atoms with Crippen molar-refractivity contribution in [2.45, 2.75) is 62.5 Å². The topological polar surface area (TPSA) is 61.2 Å². The van der Waals surface area contributed by atoms with E-state index in [2.05, 4.69) is 9.84 Å². The highest BCUT2D eigenvalue weighted by molar-refractivity contribution is 7.84. The van der Waals surface area contributed by atoms with E-state index in [0.29, 0.717) is 11.8 Å². The Kier molecular flexibility index (Phi) is 5.96. The summed E-state index contributed by atoms with van der Waals surface area (Å²) in [6.07, 6.45) is 8.40. The molecule has 1 aliphatic carbocycles. The molecule has 21 heavy (non-hydrogen) atoms. The third-order valence-corrected chi connectivity index (χ3v) is 5.68. The molecule has 1 aromatic heterocycles. The number of ether oxygens (including phenoxy) is 1. The molecule has 0 N–H and O–H groups in total. The molecule has 5 nitrogen and oxygen atoms in total. The van der Waals surface area contributed by atoms with E-state index in [1.807, 2.05) is 23.9 Å². The predicted octanol–water partition coefficient (Wildman–Crippen LogP) is 2.59. The van der Waals surface area contributed by atoms with Crippen LogP contribution in [0.2, 0.25) is 0 Å². The Bertz CT molecular complexity index is 495. The van der Waals surface area contributed by atoms with Crippen molar-refractivity contribution in [1.29, 1.82) is 0 Å². The molecule has 6 heteroatoms. The number of rotatable bonds is 6. The average Bonchev–Trinajstić information content (AvgIpc) is 2.96. The summed E-state index contributed by atoms with van der Waals surface area (Å²) in [5, 5.41) is 4.35. The van der Waals surface area contributed by atoms with Crippen molar-refractivity contribution in [3.63, 3.8) is 0 Å². The van der Waals surface area contributed by atoms with E-state index in [1.165, 1.54) is 39.2 Å². The lowest BCUT2D eigenvalue weighted by atomic mass is 9.96. The number of hydrogen-bond acceptors (Lipinski definition) is 4. The van der Waals surface area contributed by atoms with E-state index in [1.54, 1.807) is 0 Å². The molecule has 1 aliphatic rings. The quantitative estimate of drug-likeness (QED) is 0.758. The Morgan fingerprint density at radius 3 is 2.86 bits per heavy atom. The molecule has 1 aromatic rings. The fraction of sp³-hybridized carbons (Fsp3) is 0.733. The van der Waals surface area contributed by atoms with Gasteiger partial charge in [0, 0.05) is 22.2 Å². The van der Waals surface area contributed by atoms with Crippen LogP contribution in [0.1, 0.15) is 57.2 Å². The number of carbonyl (C=O) groups is 1. The molecule has 2 atom stereocenters. The van der Waals surface area contributed by atoms with Gasteiger partial charge in [0.1, 0.15) is 0 Å². The van der Waals surface area contributed by atoms with Gasteiger partial charge in [-0.05, 0) is 18.9 Å². The highest BCUT2D eigenvalue weighted by Gasteiger charge is 2.19. The second kappa shape index (κ2) is 7.73. The summed E-state index contributed by atoms with van der Waals surface area (Å²) in [5.74, 6) is 0.0846. The van der Waals surface area contributed by atoms with Crippen LogP contribution in [0.15, 0.2) is 12.3 Å². The third kappa shape index (κ3) is 4.66. The fourth-order valence-electron chi connectivity index (χ4n) is 2.70. The van der Waals surface area contributed by atoms with Crippen LogP contribution in [0.5, 0.6) is 0 Å². The molecule has 1 fully saturated rings. The summed E-state index contributed by atoms with van der Waals surface area (Å²) in [7, 11) is 0.245. The lowest BCUT2D eigenvalue weighted by molar-refractivity contribution is -0.140. The van der Waals surface area contributed by atoms with Crippen LogP contribution in [0, 0.1) is 0 Å². The largest absolute Gasteiger partial charge is 0.469 e. The van der Waals surface area contributed by atoms with Crippen molar-refractivity contribution in [2.75, 3.05) is 7.11 Å². The minimum atomic E-state index is -1.11. The molecule has 1 saturated carbocycles. The minimum absolute atomic E-state index is 0.187. The van der Waals surface area contributed by atoms with Crippen LogP contribution in [-0.2, 0) is 26.1 Å². The number of esters is 1. The molecule has 0 saturated heterocycles. The van der Waals surface area contributed by atoms with Crippen molar-refractivity contribution >= 4 is 16.8 Å². The van der Waals surface area contributed by atoms with Crippen molar-refractivity contribution < 1.29 is 13.7 Å². The Balaban J connectivity index is 1.89. The Labute approximate surface area is 128 Å². The van der Waals surface area contributed by atoms with Crippen LogP contribution in [0.3, 0.4) is 0 Å². The van der Waals surface area contributed by atoms with Crippen LogP contribution < -0.4 is 0 Å². The predicted molar refractivity (Wildman–Crippen MR) is 82.3 cm³/mol. The monoisotopic (exact) mass is 312 g/mol. The number of aromatic nitrogens is 2. The Hall–Kier alpha value is -1.17. The normalized spacial score (nSPS) is 19.1. The first-order chi connectivity index (χ1) is 10.1. The van der Waals surface area contributed by atoms with Crippen LogP contribution >= 0.6 is 0 Å². The van der Waals surface area contributed by atoms with Gasteiger partial charge in [-0.25, -0.2) is 0 Å². The molecule has 0 aliphatic heterocycles. The first-order valence-electron chi connectivity index (χ1n) is 7.58. The van der Waals surface area contributed by atoms with Crippen LogP contribution in [0.25, 0.3) is 0 Å². The zero-order chi connectivity index (χ0) is 15.2. The van der Waals surface area contributed by atoms with Gasteiger partial charge in [0.15, 0.2) is 0 Å². The van der Waals surface area contributed by atoms with Crippen molar-refractivity contribution in [3.05, 3.63) is 18.0 Å². The average molecular weight is 312 g/mol. The smallest absolute Gasteiger partial charge is 0.306 e. The van der Waals surface area contributed by atoms with E-state index in [-0.39, 0.29) is 17.6 Å². The number of hydrogen-bond donors (Lipinski definition) is 0. The summed E-state index contributed by atoms with van der Waals surface area (Å²) >= 11 is 0. The molecular formula is C15H24N2O3S. The van der Waals surface area contributed by atoms with Gasteiger partial charge in [0.2, 0.25) is 0 Å². The second-order valence-corrected chi connectivity index (χ2v) is 7.55. The van der Waals surface area contributed by atoms with Gasteiger partial charge in [0.05, 0.1) is 31.0 Å². The maximum atomic E-state index is 12.2. The first kappa shape index (κ1) is 16.2. The molecule has 0 bridgehead atoms. The zero-order valence-corrected chi connectivity index (χ0v) is 13.6. The molecular weight excluding hydrogens is 288 g/mol. The molecule has 118 valence electrons. The first-order valence-corrected chi connectivity index (χ1v) is 8.96. The van der Waals surface area contributed by atoms with Gasteiger partial charge >= 0.3 is 5.97 Å². The minimum Gasteiger partial charge on any atom is -0.469 e. The lowest BCUT2D eigenvalue weighted by Gasteiger charge is -2.21. The fourth-order valence-corrected chi connectivity index (χ4v) is 3.75. The van der Waals surface area contributed by atoms with E-state index < -0.39 is 10.8 Å². The SMILES string of the molecule is COC(=O)CC(C)S(=O)Cc1ccn(C2CCCCC2)n1. The number of carbonyl (C=O) groups excluding carboxylic acids is 1. The van der Waals surface area contributed by atoms with Gasteiger partial charge in [-0.3, -0.25) is 13.7 Å². The molecule has 0 radical (unpaired) electrons. The molecule has 2 unspecified atom stereocenters.